The quantitative estimate of drug-likeness (QED) is 0.0530. The standard InChI is InChI=1S/C66H110N4O15/c1-42(47-24-25-48-58-49(35-52(73)66(47,48)18)65(17)28-27-46(71)33-44(65)34-51(58)72)19-26-53(74)67-45-22-20-43(21-23-45)40-80-41-50(59(79)85-64(14,15)16)70(39-57(78)84-63(11,12)13)32-31-68(36-54(75)81-60(2,3)4)29-30-69(37-55(76)82-61(5,6)7)38-56(77)83-62(8,9)10/h20-23,42,44,46-52,58,71-73H,19,24-41H2,1-18H3,(H,67,74)/t42-,44+,46-,47-,48+,49+,50?,51-,52+,58+,65+,66-/m1/s1. The summed E-state index contributed by atoms with van der Waals surface area (Å²) >= 11 is 0. The van der Waals surface area contributed by atoms with Gasteiger partial charge in [0.25, 0.3) is 0 Å². The van der Waals surface area contributed by atoms with Crippen molar-refractivity contribution in [2.24, 2.45) is 46.3 Å². The summed E-state index contributed by atoms with van der Waals surface area (Å²) in [4.78, 5) is 86.3. The maximum atomic E-state index is 14.3. The van der Waals surface area contributed by atoms with Crippen molar-refractivity contribution in [2.45, 2.75) is 241 Å². The van der Waals surface area contributed by atoms with E-state index in [2.05, 4.69) is 26.1 Å². The van der Waals surface area contributed by atoms with Crippen LogP contribution in [0.4, 0.5) is 5.69 Å². The van der Waals surface area contributed by atoms with E-state index in [0.717, 1.165) is 37.7 Å². The van der Waals surface area contributed by atoms with Gasteiger partial charge in [-0.05, 0) is 219 Å². The van der Waals surface area contributed by atoms with Crippen LogP contribution in [0.5, 0.6) is 0 Å². The third kappa shape index (κ3) is 21.8. The molecule has 484 valence electrons. The number of nitrogens with zero attached hydrogens (tertiary/aromatic N) is 3. The van der Waals surface area contributed by atoms with E-state index in [1.165, 1.54) is 0 Å². The Labute approximate surface area is 508 Å². The van der Waals surface area contributed by atoms with Crippen molar-refractivity contribution in [3.8, 4) is 0 Å². The Morgan fingerprint density at radius 2 is 1.11 bits per heavy atom. The molecule has 19 heteroatoms. The number of esters is 5. The molecule has 0 aromatic heterocycles. The van der Waals surface area contributed by atoms with Crippen LogP contribution in [0.25, 0.3) is 0 Å². The number of fused-ring (bicyclic) bond motifs is 5. The predicted molar refractivity (Wildman–Crippen MR) is 325 cm³/mol. The van der Waals surface area contributed by atoms with Gasteiger partial charge in [0.05, 0.1) is 57.7 Å². The number of ether oxygens (including phenoxy) is 6. The highest BCUT2D eigenvalue weighted by atomic mass is 16.6. The first-order chi connectivity index (χ1) is 39.0. The fraction of sp³-hybridized carbons (Fsp3) is 0.818. The summed E-state index contributed by atoms with van der Waals surface area (Å²) in [6, 6.07) is 6.12. The molecule has 4 fully saturated rings. The van der Waals surface area contributed by atoms with Crippen molar-refractivity contribution in [3.05, 3.63) is 29.8 Å². The fourth-order valence-corrected chi connectivity index (χ4v) is 14.2. The van der Waals surface area contributed by atoms with Gasteiger partial charge in [-0.2, -0.15) is 0 Å². The molecule has 0 aliphatic heterocycles. The minimum Gasteiger partial charge on any atom is -0.459 e. The van der Waals surface area contributed by atoms with Crippen LogP contribution in [0.15, 0.2) is 24.3 Å². The molecule has 12 atom stereocenters. The lowest BCUT2D eigenvalue weighted by Crippen LogP contribution is -2.62. The molecule has 0 radical (unpaired) electrons. The lowest BCUT2D eigenvalue weighted by molar-refractivity contribution is -0.207. The fourth-order valence-electron chi connectivity index (χ4n) is 14.2. The van der Waals surface area contributed by atoms with Gasteiger partial charge < -0.3 is 49.1 Å². The minimum atomic E-state index is -1.13. The molecule has 4 aliphatic rings. The molecule has 1 unspecified atom stereocenters. The van der Waals surface area contributed by atoms with Crippen LogP contribution in [0.2, 0.25) is 0 Å². The van der Waals surface area contributed by atoms with E-state index in [4.69, 9.17) is 28.4 Å². The molecule has 1 amide bonds. The lowest BCUT2D eigenvalue weighted by Gasteiger charge is -2.63. The third-order valence-electron chi connectivity index (χ3n) is 17.8. The highest BCUT2D eigenvalue weighted by molar-refractivity contribution is 5.90. The molecule has 4 N–H and O–H groups in total. The van der Waals surface area contributed by atoms with Crippen molar-refractivity contribution >= 4 is 41.4 Å². The predicted octanol–water partition coefficient (Wildman–Crippen LogP) is 8.50. The summed E-state index contributed by atoms with van der Waals surface area (Å²) in [5.41, 5.74) is -3.13. The van der Waals surface area contributed by atoms with Crippen molar-refractivity contribution in [3.63, 3.8) is 0 Å². The van der Waals surface area contributed by atoms with E-state index in [1.54, 1.807) is 131 Å². The van der Waals surface area contributed by atoms with Crippen molar-refractivity contribution in [1.29, 1.82) is 0 Å². The SMILES string of the molecule is C[C@H](CCC(=O)Nc1ccc(COCC(C(=O)OC(C)(C)C)N(CCN(CCN(CC(=O)OC(C)(C)C)CC(=O)OC(C)(C)C)CC(=O)OC(C)(C)C)CC(=O)OC(C)(C)C)cc1)[C@H]1CC[C@H]2[C@@H]3[C@H](O)C[C@@H]4C[C@H](O)CC[C@]4(C)[C@H]3C[C@H](O)[C@]12C. The molecule has 0 spiro atoms. The molecule has 4 aliphatic carbocycles. The van der Waals surface area contributed by atoms with Gasteiger partial charge in [0.1, 0.15) is 34.0 Å². The minimum absolute atomic E-state index is 0.00240. The van der Waals surface area contributed by atoms with Crippen LogP contribution >= 0.6 is 0 Å². The molecule has 5 rings (SSSR count). The zero-order valence-electron chi connectivity index (χ0n) is 55.1. The topological polar surface area (TPSA) is 240 Å². The number of anilines is 1. The molecular weight excluding hydrogens is 1090 g/mol. The number of carbonyl (C=O) groups is 6. The van der Waals surface area contributed by atoms with Crippen LogP contribution in [0.3, 0.4) is 0 Å². The van der Waals surface area contributed by atoms with Crippen LogP contribution < -0.4 is 5.32 Å². The average molecular weight is 1200 g/mol. The average Bonchev–Trinajstić information content (AvgIpc) is 1.71. The Morgan fingerprint density at radius 1 is 0.612 bits per heavy atom. The number of aliphatic hydroxyl groups is 3. The number of aliphatic hydroxyl groups excluding tert-OH is 3. The second kappa shape index (κ2) is 28.9. The number of hydrogen-bond acceptors (Lipinski definition) is 18. The van der Waals surface area contributed by atoms with Crippen molar-refractivity contribution in [1.82, 2.24) is 14.7 Å². The Morgan fingerprint density at radius 3 is 1.64 bits per heavy atom. The summed E-state index contributed by atoms with van der Waals surface area (Å²) in [5, 5.41) is 37.4. The molecule has 0 bridgehead atoms. The van der Waals surface area contributed by atoms with Gasteiger partial charge in [-0.3, -0.25) is 43.5 Å². The number of amides is 1. The first-order valence-corrected chi connectivity index (χ1v) is 31.3. The largest absolute Gasteiger partial charge is 0.459 e. The first-order valence-electron chi connectivity index (χ1n) is 31.3. The van der Waals surface area contributed by atoms with Crippen LogP contribution in [-0.4, -0.2) is 177 Å². The van der Waals surface area contributed by atoms with E-state index >= 15 is 0 Å². The van der Waals surface area contributed by atoms with E-state index in [1.807, 2.05) is 12.1 Å². The number of rotatable bonds is 25. The number of hydrogen-bond donors (Lipinski definition) is 4. The van der Waals surface area contributed by atoms with E-state index in [-0.39, 0.29) is 124 Å². The van der Waals surface area contributed by atoms with Gasteiger partial charge in [-0.15, -0.1) is 0 Å². The highest BCUT2D eigenvalue weighted by Crippen LogP contribution is 2.68. The summed E-state index contributed by atoms with van der Waals surface area (Å²) in [5.74, 6) is -1.82. The second-order valence-electron chi connectivity index (χ2n) is 30.7. The number of nitrogens with one attached hydrogen (secondary N) is 1. The van der Waals surface area contributed by atoms with Gasteiger partial charge in [-0.25, -0.2) is 0 Å². The van der Waals surface area contributed by atoms with Crippen molar-refractivity contribution < 1.29 is 72.5 Å². The van der Waals surface area contributed by atoms with Crippen LogP contribution in [-0.2, 0) is 63.8 Å². The molecular formula is C66H110N4O15. The first kappa shape index (κ1) is 71.5. The maximum absolute atomic E-state index is 14.3. The van der Waals surface area contributed by atoms with E-state index < -0.39 is 76.1 Å². The van der Waals surface area contributed by atoms with E-state index in [0.29, 0.717) is 31.4 Å². The third-order valence-corrected chi connectivity index (χ3v) is 17.8. The Bertz CT molecular complexity index is 2370. The van der Waals surface area contributed by atoms with Gasteiger partial charge in [0.15, 0.2) is 0 Å². The Kier molecular flexibility index (Phi) is 24.3. The zero-order valence-corrected chi connectivity index (χ0v) is 55.1. The van der Waals surface area contributed by atoms with Crippen molar-refractivity contribution in [2.75, 3.05) is 64.3 Å². The lowest BCUT2D eigenvalue weighted by atomic mass is 9.43. The highest BCUT2D eigenvalue weighted by Gasteiger charge is 2.65. The Balaban J connectivity index is 1.26. The second-order valence-corrected chi connectivity index (χ2v) is 30.7. The smallest absolute Gasteiger partial charge is 0.326 e. The zero-order chi connectivity index (χ0) is 63.8. The van der Waals surface area contributed by atoms with Crippen LogP contribution in [0.1, 0.15) is 188 Å². The van der Waals surface area contributed by atoms with Gasteiger partial charge in [0, 0.05) is 38.3 Å². The molecule has 19 nitrogen and oxygen atoms in total. The molecule has 1 aromatic rings. The molecule has 0 heterocycles. The van der Waals surface area contributed by atoms with Gasteiger partial charge in [0.2, 0.25) is 5.91 Å². The monoisotopic (exact) mass is 1200 g/mol. The van der Waals surface area contributed by atoms with E-state index in [9.17, 15) is 44.1 Å². The molecule has 1 aromatic carbocycles. The Hall–Kier alpha value is -4.24. The summed E-state index contributed by atoms with van der Waals surface area (Å²) in [6.07, 6.45) is 5.41. The normalized spacial score (nSPS) is 27.1. The summed E-state index contributed by atoms with van der Waals surface area (Å²) in [6.45, 7) is 32.2. The summed E-state index contributed by atoms with van der Waals surface area (Å²) in [7, 11) is 0. The molecule has 4 saturated carbocycles. The number of benzene rings is 1. The van der Waals surface area contributed by atoms with Crippen LogP contribution in [0, 0.1) is 46.3 Å². The molecule has 85 heavy (non-hydrogen) atoms. The van der Waals surface area contributed by atoms with Gasteiger partial charge in [-0.1, -0.05) is 32.9 Å². The van der Waals surface area contributed by atoms with Gasteiger partial charge >= 0.3 is 29.8 Å². The number of carbonyl (C=O) groups excluding carboxylic acids is 6. The summed E-state index contributed by atoms with van der Waals surface area (Å²) < 4.78 is 34.9. The maximum Gasteiger partial charge on any atom is 0.326 e. The molecule has 0 saturated heterocycles.